The van der Waals surface area contributed by atoms with Crippen LogP contribution in [0.2, 0.25) is 0 Å². The zero-order chi connectivity index (χ0) is 36.6. The maximum atomic E-state index is 13.3. The molecule has 4 aromatic heterocycles. The van der Waals surface area contributed by atoms with Crippen LogP contribution >= 0.6 is 0 Å². The number of carbonyl (C=O) groups is 3. The summed E-state index contributed by atoms with van der Waals surface area (Å²) in [5.41, 5.74) is 3.49. The first-order chi connectivity index (χ1) is 25.8. The van der Waals surface area contributed by atoms with Crippen LogP contribution in [0.3, 0.4) is 0 Å². The molecule has 6 aromatic rings. The van der Waals surface area contributed by atoms with Gasteiger partial charge in [0.1, 0.15) is 11.8 Å². The molecule has 3 amide bonds. The number of aryl methyl sites for hydroxylation is 1. The average molecular weight is 715 g/mol. The second-order valence-corrected chi connectivity index (χ2v) is 13.5. The number of hydrogen-bond donors (Lipinski definition) is 3. The van der Waals surface area contributed by atoms with E-state index in [2.05, 4.69) is 37.9 Å². The number of ether oxygens (including phenoxy) is 1. The van der Waals surface area contributed by atoms with Gasteiger partial charge in [-0.1, -0.05) is 17.9 Å². The minimum atomic E-state index is -0.734. The minimum absolute atomic E-state index is 0.191. The fourth-order valence-electron chi connectivity index (χ4n) is 7.51. The summed E-state index contributed by atoms with van der Waals surface area (Å²) < 4.78 is 12.2. The number of nitrogens with zero attached hydrogens (tertiary/aromatic N) is 7. The number of hydrogen-bond acceptors (Lipinski definition) is 9. The molecule has 5 heterocycles. The van der Waals surface area contributed by atoms with E-state index < -0.39 is 11.9 Å². The summed E-state index contributed by atoms with van der Waals surface area (Å²) in [6, 6.07) is 12.6. The van der Waals surface area contributed by atoms with E-state index in [-0.39, 0.29) is 36.4 Å². The molecule has 8 rings (SSSR count). The largest absolute Gasteiger partial charge is 0.496 e. The fourth-order valence-corrected chi connectivity index (χ4v) is 7.51. The molecule has 15 heteroatoms. The van der Waals surface area contributed by atoms with Crippen molar-refractivity contribution < 1.29 is 19.1 Å². The van der Waals surface area contributed by atoms with E-state index in [0.717, 1.165) is 48.7 Å². The Morgan fingerprint density at radius 1 is 1.08 bits per heavy atom. The molecule has 0 spiro atoms. The zero-order valence-corrected chi connectivity index (χ0v) is 29.3. The number of benzene rings is 2. The van der Waals surface area contributed by atoms with E-state index in [1.807, 2.05) is 41.2 Å². The molecule has 3 N–H and O–H groups in total. The predicted molar refractivity (Wildman–Crippen MR) is 197 cm³/mol. The van der Waals surface area contributed by atoms with E-state index >= 15 is 0 Å². The molecule has 0 bridgehead atoms. The van der Waals surface area contributed by atoms with Gasteiger partial charge < -0.3 is 15.4 Å². The first-order valence-corrected chi connectivity index (χ1v) is 17.7. The van der Waals surface area contributed by atoms with Gasteiger partial charge in [0.2, 0.25) is 11.8 Å². The molecule has 270 valence electrons. The number of fused-ring (bicyclic) bond motifs is 3. The lowest BCUT2D eigenvalue weighted by Gasteiger charge is -2.29. The van der Waals surface area contributed by atoms with Gasteiger partial charge in [0.05, 0.1) is 47.0 Å². The number of amides is 3. The summed E-state index contributed by atoms with van der Waals surface area (Å²) in [4.78, 5) is 55.1. The van der Waals surface area contributed by atoms with Crippen LogP contribution in [0, 0.1) is 11.8 Å². The molecule has 1 saturated heterocycles. The number of rotatable bonds is 8. The second-order valence-electron chi connectivity index (χ2n) is 13.5. The number of aromatic nitrogens is 7. The van der Waals surface area contributed by atoms with Gasteiger partial charge in [-0.25, -0.2) is 9.78 Å². The predicted octanol–water partition coefficient (Wildman–Crippen LogP) is 3.49. The van der Waals surface area contributed by atoms with E-state index in [4.69, 9.17) is 9.84 Å². The van der Waals surface area contributed by atoms with Crippen LogP contribution in [0.5, 0.6) is 5.75 Å². The number of anilines is 1. The Balaban J connectivity index is 0.875. The molecule has 2 fully saturated rings. The van der Waals surface area contributed by atoms with Gasteiger partial charge in [0.15, 0.2) is 11.5 Å². The van der Waals surface area contributed by atoms with Crippen LogP contribution in [-0.2, 0) is 16.6 Å². The van der Waals surface area contributed by atoms with Crippen molar-refractivity contribution in [1.29, 1.82) is 0 Å². The molecule has 1 unspecified atom stereocenters. The van der Waals surface area contributed by atoms with Crippen LogP contribution in [0.15, 0.2) is 65.8 Å². The van der Waals surface area contributed by atoms with Gasteiger partial charge in [-0.15, -0.1) is 0 Å². The van der Waals surface area contributed by atoms with E-state index in [1.54, 1.807) is 36.1 Å². The van der Waals surface area contributed by atoms with Gasteiger partial charge in [0, 0.05) is 56.3 Å². The number of nitrogens with one attached hydrogen (secondary N) is 3. The molecule has 53 heavy (non-hydrogen) atoms. The summed E-state index contributed by atoms with van der Waals surface area (Å²) in [6.45, 7) is 0.732. The smallest absolute Gasteiger partial charge is 0.329 e. The van der Waals surface area contributed by atoms with Crippen LogP contribution in [0.4, 0.5) is 5.82 Å². The monoisotopic (exact) mass is 714 g/mol. The number of imide groups is 1. The number of para-hydroxylation sites is 1. The SMILES string of the molecule is COc1cc2nn(C3CCC(NCCC#Cc4cccc5c4n(C)c(=O)n5C4CCC(=O)NC4=O)CC3)cc2cc1C(=O)Nc1cnc2cccnn12. The highest BCUT2D eigenvalue weighted by Crippen LogP contribution is 2.32. The highest BCUT2D eigenvalue weighted by Gasteiger charge is 2.31. The Bertz CT molecular complexity index is 2520. The van der Waals surface area contributed by atoms with Gasteiger partial charge in [-0.2, -0.15) is 14.7 Å². The van der Waals surface area contributed by atoms with Gasteiger partial charge >= 0.3 is 5.69 Å². The Kier molecular flexibility index (Phi) is 8.97. The lowest BCUT2D eigenvalue weighted by molar-refractivity contribution is -0.135. The van der Waals surface area contributed by atoms with E-state index in [0.29, 0.717) is 46.3 Å². The molecule has 1 aliphatic heterocycles. The lowest BCUT2D eigenvalue weighted by Crippen LogP contribution is -2.44. The Hall–Kier alpha value is -6.27. The topological polar surface area (TPSA) is 171 Å². The molecule has 1 atom stereocenters. The minimum Gasteiger partial charge on any atom is -0.496 e. The molecular formula is C38H38N10O5. The zero-order valence-electron chi connectivity index (χ0n) is 29.3. The van der Waals surface area contributed by atoms with E-state index in [9.17, 15) is 19.2 Å². The third-order valence-corrected chi connectivity index (χ3v) is 10.2. The maximum Gasteiger partial charge on any atom is 0.329 e. The summed E-state index contributed by atoms with van der Waals surface area (Å²) in [5, 5.41) is 18.9. The van der Waals surface area contributed by atoms with Crippen LogP contribution < -0.4 is 26.4 Å². The lowest BCUT2D eigenvalue weighted by atomic mass is 9.91. The Morgan fingerprint density at radius 3 is 2.74 bits per heavy atom. The van der Waals surface area contributed by atoms with Crippen LogP contribution in [0.25, 0.3) is 27.6 Å². The molecule has 15 nitrogen and oxygen atoms in total. The third-order valence-electron chi connectivity index (χ3n) is 10.2. The standard InChI is InChI=1S/C38H38N10O5/c1-45-35-23(8-5-9-29(35)47(38(45)52)30-15-16-34(49)43-37(30)51)7-3-4-17-39-25-11-13-26(14-12-25)46-22-24-19-27(31(53-2)20-28(24)44-46)36(50)42-33-21-40-32-10-6-18-41-48(32)33/h5-6,8-10,18-22,25-26,30,39H,4,11-17H2,1-2H3,(H,42,50)(H,43,49,51). The number of methoxy groups -OCH3 is 1. The Morgan fingerprint density at radius 2 is 1.92 bits per heavy atom. The van der Waals surface area contributed by atoms with Gasteiger partial charge in [-0.05, 0) is 62.4 Å². The van der Waals surface area contributed by atoms with Crippen molar-refractivity contribution in [1.82, 2.24) is 44.1 Å². The summed E-state index contributed by atoms with van der Waals surface area (Å²) >= 11 is 0. The van der Waals surface area contributed by atoms with Crippen molar-refractivity contribution in [3.05, 3.63) is 82.7 Å². The molecule has 0 radical (unpaired) electrons. The van der Waals surface area contributed by atoms with Crippen molar-refractivity contribution in [3.8, 4) is 17.6 Å². The second kappa shape index (κ2) is 14.0. The highest BCUT2D eigenvalue weighted by molar-refractivity contribution is 6.08. The number of carbonyl (C=O) groups excluding carboxylic acids is 3. The fraction of sp³-hybridized carbons (Fsp3) is 0.342. The first kappa shape index (κ1) is 33.9. The van der Waals surface area contributed by atoms with E-state index in [1.165, 1.54) is 16.2 Å². The average Bonchev–Trinajstić information content (AvgIpc) is 3.85. The van der Waals surface area contributed by atoms with Crippen LogP contribution in [0.1, 0.15) is 73.0 Å². The molecular weight excluding hydrogens is 676 g/mol. The summed E-state index contributed by atoms with van der Waals surface area (Å²) in [5.74, 6) is 6.28. The Labute approximate surface area is 303 Å². The molecule has 2 aromatic carbocycles. The normalized spacial score (nSPS) is 18.9. The van der Waals surface area contributed by atoms with Crippen molar-refractivity contribution in [3.63, 3.8) is 0 Å². The van der Waals surface area contributed by atoms with Crippen molar-refractivity contribution in [2.75, 3.05) is 19.0 Å². The summed E-state index contributed by atoms with van der Waals surface area (Å²) in [6.07, 6.45) is 10.2. The maximum absolute atomic E-state index is 13.3. The van der Waals surface area contributed by atoms with Crippen molar-refractivity contribution in [2.24, 2.45) is 7.05 Å². The van der Waals surface area contributed by atoms with Crippen molar-refractivity contribution >= 4 is 51.1 Å². The highest BCUT2D eigenvalue weighted by atomic mass is 16.5. The van der Waals surface area contributed by atoms with Gasteiger partial charge in [0.25, 0.3) is 5.91 Å². The molecule has 2 aliphatic rings. The van der Waals surface area contributed by atoms with Gasteiger partial charge in [-0.3, -0.25) is 33.5 Å². The quantitative estimate of drug-likeness (QED) is 0.121. The molecule has 1 aliphatic carbocycles. The van der Waals surface area contributed by atoms with Crippen molar-refractivity contribution in [2.45, 2.75) is 63.1 Å². The molecule has 1 saturated carbocycles. The van der Waals surface area contributed by atoms with Crippen LogP contribution in [-0.4, -0.2) is 70.9 Å². The first-order valence-electron chi connectivity index (χ1n) is 17.7. The third kappa shape index (κ3) is 6.42. The summed E-state index contributed by atoms with van der Waals surface area (Å²) in [7, 11) is 3.22. The number of imidazole rings is 2. The number of piperidine rings is 1.